The summed E-state index contributed by atoms with van der Waals surface area (Å²) in [5.41, 5.74) is -1.06. The van der Waals surface area contributed by atoms with Crippen LogP contribution >= 0.6 is 0 Å². The lowest BCUT2D eigenvalue weighted by atomic mass is 10.0. The number of nitro benzene ring substituents is 1. The quantitative estimate of drug-likeness (QED) is 0.368. The summed E-state index contributed by atoms with van der Waals surface area (Å²) in [6.45, 7) is 0. The first-order chi connectivity index (χ1) is 11.9. The van der Waals surface area contributed by atoms with Crippen LogP contribution in [0.4, 0.5) is 5.69 Å². The van der Waals surface area contributed by atoms with Gasteiger partial charge in [-0.1, -0.05) is 17.3 Å². The number of hydrogen-bond acceptors (Lipinski definition) is 9. The molecule has 25 heavy (non-hydrogen) atoms. The highest BCUT2D eigenvalue weighted by Crippen LogP contribution is 2.43. The van der Waals surface area contributed by atoms with E-state index < -0.39 is 27.7 Å². The zero-order valence-electron chi connectivity index (χ0n) is 12.2. The van der Waals surface area contributed by atoms with E-state index in [9.17, 15) is 25.4 Å². The highest BCUT2D eigenvalue weighted by atomic mass is 16.6. The van der Waals surface area contributed by atoms with Gasteiger partial charge >= 0.3 is 5.69 Å². The van der Waals surface area contributed by atoms with Crippen molar-refractivity contribution >= 4 is 5.69 Å². The van der Waals surface area contributed by atoms with Crippen LogP contribution in [0.5, 0.6) is 17.2 Å². The molecule has 3 N–H and O–H groups in total. The van der Waals surface area contributed by atoms with E-state index in [4.69, 9.17) is 9.78 Å². The van der Waals surface area contributed by atoms with Crippen LogP contribution in [-0.2, 0) is 0 Å². The Morgan fingerprint density at radius 3 is 2.60 bits per heavy atom. The predicted molar refractivity (Wildman–Crippen MR) is 81.5 cm³/mol. The number of rotatable bonds is 3. The Bertz CT molecular complexity index is 1040. The number of nitriles is 1. The van der Waals surface area contributed by atoms with Crippen LogP contribution in [0.3, 0.4) is 0 Å². The van der Waals surface area contributed by atoms with Crippen LogP contribution in [-0.4, -0.2) is 30.4 Å². The van der Waals surface area contributed by atoms with Crippen LogP contribution in [0.25, 0.3) is 22.8 Å². The second-order valence-electron chi connectivity index (χ2n) is 4.86. The molecule has 0 atom stereocenters. The molecule has 0 aliphatic heterocycles. The number of hydrogen-bond donors (Lipinski definition) is 3. The third-order valence-electron chi connectivity index (χ3n) is 3.32. The van der Waals surface area contributed by atoms with Crippen LogP contribution in [0.15, 0.2) is 34.9 Å². The molecule has 124 valence electrons. The van der Waals surface area contributed by atoms with Gasteiger partial charge in [-0.05, 0) is 12.1 Å². The SMILES string of the molecule is N#Cc1c(-c2nc(-c3cccc(O)c3)no2)cc([N+](=O)[O-])c(O)c1O. The van der Waals surface area contributed by atoms with Crippen molar-refractivity contribution in [1.82, 2.24) is 10.1 Å². The Kier molecular flexibility index (Phi) is 3.67. The first-order valence-corrected chi connectivity index (χ1v) is 6.69. The van der Waals surface area contributed by atoms with Crippen molar-refractivity contribution in [3.05, 3.63) is 46.0 Å². The number of nitrogens with zero attached hydrogens (tertiary/aromatic N) is 4. The Hall–Kier alpha value is -4.13. The average Bonchev–Trinajstić information content (AvgIpc) is 3.06. The fourth-order valence-corrected chi connectivity index (χ4v) is 2.16. The molecular weight excluding hydrogens is 332 g/mol. The molecule has 3 aromatic rings. The van der Waals surface area contributed by atoms with Crippen molar-refractivity contribution in [2.24, 2.45) is 0 Å². The summed E-state index contributed by atoms with van der Waals surface area (Å²) >= 11 is 0. The fourth-order valence-electron chi connectivity index (χ4n) is 2.16. The van der Waals surface area contributed by atoms with Crippen molar-refractivity contribution < 1.29 is 24.8 Å². The lowest BCUT2D eigenvalue weighted by molar-refractivity contribution is -0.385. The number of aromatic hydroxyl groups is 3. The summed E-state index contributed by atoms with van der Waals surface area (Å²) in [6.07, 6.45) is 0. The maximum absolute atomic E-state index is 11.0. The van der Waals surface area contributed by atoms with E-state index >= 15 is 0 Å². The second-order valence-corrected chi connectivity index (χ2v) is 4.86. The summed E-state index contributed by atoms with van der Waals surface area (Å²) in [4.78, 5) is 14.1. The zero-order chi connectivity index (χ0) is 18.1. The molecule has 3 rings (SSSR count). The minimum atomic E-state index is -1.03. The molecule has 10 nitrogen and oxygen atoms in total. The summed E-state index contributed by atoms with van der Waals surface area (Å²) in [5, 5.41) is 52.8. The Labute approximate surface area is 139 Å². The van der Waals surface area contributed by atoms with Crippen molar-refractivity contribution in [3.63, 3.8) is 0 Å². The van der Waals surface area contributed by atoms with Crippen LogP contribution in [0.1, 0.15) is 5.56 Å². The largest absolute Gasteiger partial charge is 0.508 e. The normalized spacial score (nSPS) is 10.4. The molecule has 0 radical (unpaired) electrons. The van der Waals surface area contributed by atoms with Gasteiger partial charge in [0.1, 0.15) is 17.4 Å². The van der Waals surface area contributed by atoms with Crippen molar-refractivity contribution in [1.29, 1.82) is 5.26 Å². The summed E-state index contributed by atoms with van der Waals surface area (Å²) in [5.74, 6) is -2.22. The van der Waals surface area contributed by atoms with Gasteiger partial charge in [-0.2, -0.15) is 10.2 Å². The van der Waals surface area contributed by atoms with E-state index in [0.717, 1.165) is 6.07 Å². The molecule has 0 saturated heterocycles. The Balaban J connectivity index is 2.18. The molecule has 0 amide bonds. The molecule has 0 aliphatic rings. The third kappa shape index (κ3) is 2.66. The number of nitro groups is 1. The van der Waals surface area contributed by atoms with Crippen molar-refractivity contribution in [2.45, 2.75) is 0 Å². The lowest BCUT2D eigenvalue weighted by Crippen LogP contribution is -1.94. The van der Waals surface area contributed by atoms with Gasteiger partial charge in [0.25, 0.3) is 5.89 Å². The lowest BCUT2D eigenvalue weighted by Gasteiger charge is -2.04. The molecule has 0 fully saturated rings. The molecule has 0 saturated carbocycles. The van der Waals surface area contributed by atoms with Crippen LogP contribution in [0.2, 0.25) is 0 Å². The minimum absolute atomic E-state index is 0.0283. The number of aromatic nitrogens is 2. The van der Waals surface area contributed by atoms with E-state index in [2.05, 4.69) is 10.1 Å². The van der Waals surface area contributed by atoms with E-state index in [1.54, 1.807) is 18.2 Å². The minimum Gasteiger partial charge on any atom is -0.508 e. The van der Waals surface area contributed by atoms with Gasteiger partial charge < -0.3 is 19.8 Å². The van der Waals surface area contributed by atoms with Gasteiger partial charge in [-0.25, -0.2) is 0 Å². The molecule has 2 aromatic carbocycles. The number of phenolic OH excluding ortho intramolecular Hbond substituents is 3. The topological polar surface area (TPSA) is 167 Å². The number of phenols is 3. The second kappa shape index (κ2) is 5.82. The highest BCUT2D eigenvalue weighted by Gasteiger charge is 2.27. The molecule has 0 spiro atoms. The number of benzene rings is 2. The molecule has 1 aromatic heterocycles. The molecule has 0 bridgehead atoms. The summed E-state index contributed by atoms with van der Waals surface area (Å²) in [6, 6.07) is 8.45. The maximum atomic E-state index is 11.0. The van der Waals surface area contributed by atoms with Crippen LogP contribution in [0, 0.1) is 21.4 Å². The highest BCUT2D eigenvalue weighted by molar-refractivity contribution is 5.76. The molecule has 0 unspecified atom stereocenters. The first-order valence-electron chi connectivity index (χ1n) is 6.69. The van der Waals surface area contributed by atoms with Gasteiger partial charge in [-0.15, -0.1) is 0 Å². The molecule has 0 aliphatic carbocycles. The van der Waals surface area contributed by atoms with Crippen molar-refractivity contribution in [2.75, 3.05) is 0 Å². The van der Waals surface area contributed by atoms with Gasteiger partial charge in [0, 0.05) is 11.6 Å². The van der Waals surface area contributed by atoms with Gasteiger partial charge in [-0.3, -0.25) is 10.1 Å². The standard InChI is InChI=1S/C15H8N4O6/c16-6-10-9(5-11(19(23)24)13(22)12(10)21)15-17-14(18-25-15)7-2-1-3-8(20)4-7/h1-5,20-22H. The van der Waals surface area contributed by atoms with E-state index in [1.807, 2.05) is 0 Å². The van der Waals surface area contributed by atoms with Gasteiger partial charge in [0.15, 0.2) is 5.75 Å². The third-order valence-corrected chi connectivity index (χ3v) is 3.32. The van der Waals surface area contributed by atoms with E-state index in [0.29, 0.717) is 5.56 Å². The zero-order valence-corrected chi connectivity index (χ0v) is 12.2. The summed E-state index contributed by atoms with van der Waals surface area (Å²) in [7, 11) is 0. The smallest absolute Gasteiger partial charge is 0.315 e. The first kappa shape index (κ1) is 15.8. The predicted octanol–water partition coefficient (Wildman–Crippen LogP) is 2.30. The van der Waals surface area contributed by atoms with Gasteiger partial charge in [0.05, 0.1) is 10.5 Å². The van der Waals surface area contributed by atoms with E-state index in [1.165, 1.54) is 12.1 Å². The average molecular weight is 340 g/mol. The van der Waals surface area contributed by atoms with Gasteiger partial charge in [0.2, 0.25) is 11.6 Å². The molecule has 1 heterocycles. The molecule has 10 heteroatoms. The monoisotopic (exact) mass is 340 g/mol. The molecular formula is C15H8N4O6. The fraction of sp³-hybridized carbons (Fsp3) is 0. The Morgan fingerprint density at radius 2 is 1.96 bits per heavy atom. The summed E-state index contributed by atoms with van der Waals surface area (Å²) < 4.78 is 5.01. The van der Waals surface area contributed by atoms with Crippen molar-refractivity contribution in [3.8, 4) is 46.2 Å². The maximum Gasteiger partial charge on any atom is 0.315 e. The van der Waals surface area contributed by atoms with E-state index in [-0.39, 0.29) is 23.0 Å². The Morgan fingerprint density at radius 1 is 1.20 bits per heavy atom. The van der Waals surface area contributed by atoms with Crippen LogP contribution < -0.4 is 0 Å².